The molecule has 0 aromatic heterocycles. The number of rotatable bonds is 8. The molecule has 0 spiro atoms. The van der Waals surface area contributed by atoms with Crippen LogP contribution in [0, 0.1) is 15.9 Å². The summed E-state index contributed by atoms with van der Waals surface area (Å²) in [5.41, 5.74) is 0.686. The lowest BCUT2D eigenvalue weighted by Crippen LogP contribution is -2.44. The van der Waals surface area contributed by atoms with Crippen molar-refractivity contribution in [3.63, 3.8) is 0 Å². The summed E-state index contributed by atoms with van der Waals surface area (Å²) in [4.78, 5) is 24.9. The molecule has 154 valence electrons. The summed E-state index contributed by atoms with van der Waals surface area (Å²) in [5, 5.41) is 13.8. The van der Waals surface area contributed by atoms with Crippen molar-refractivity contribution >= 4 is 11.6 Å². The predicted octanol–water partition coefficient (Wildman–Crippen LogP) is 2.30. The van der Waals surface area contributed by atoms with Crippen molar-refractivity contribution in [2.24, 2.45) is 0 Å². The Morgan fingerprint density at radius 3 is 2.59 bits per heavy atom. The van der Waals surface area contributed by atoms with Crippen LogP contribution in [0.25, 0.3) is 0 Å². The summed E-state index contributed by atoms with van der Waals surface area (Å²) in [6.45, 7) is 2.53. The molecule has 2 aromatic carbocycles. The monoisotopic (exact) mass is 403 g/mol. The van der Waals surface area contributed by atoms with E-state index in [0.717, 1.165) is 5.56 Å². The number of ether oxygens (including phenoxy) is 2. The van der Waals surface area contributed by atoms with Crippen LogP contribution in [-0.2, 0) is 9.53 Å². The van der Waals surface area contributed by atoms with Crippen molar-refractivity contribution in [2.75, 3.05) is 39.5 Å². The smallest absolute Gasteiger partial charge is 0.310 e. The molecular weight excluding hydrogens is 381 g/mol. The maximum Gasteiger partial charge on any atom is 0.310 e. The molecule has 0 aliphatic carbocycles. The normalized spacial score (nSPS) is 15.5. The molecule has 1 N–H and O–H groups in total. The number of amides is 1. The van der Waals surface area contributed by atoms with Crippen molar-refractivity contribution in [3.05, 3.63) is 70.0 Å². The molecular formula is C20H22FN3O5. The number of carbonyl (C=O) groups excluding carboxylic acids is 1. The SMILES string of the molecule is O=C(COc1ccccc1[N+](=O)[O-])NCC(c1ccc(F)cc1)N1CCOCC1. The van der Waals surface area contributed by atoms with Gasteiger partial charge in [-0.3, -0.25) is 19.8 Å². The molecule has 8 nitrogen and oxygen atoms in total. The Hall–Kier alpha value is -3.04. The highest BCUT2D eigenvalue weighted by Gasteiger charge is 2.23. The number of benzene rings is 2. The van der Waals surface area contributed by atoms with Gasteiger partial charge < -0.3 is 14.8 Å². The van der Waals surface area contributed by atoms with Gasteiger partial charge in [-0.15, -0.1) is 0 Å². The highest BCUT2D eigenvalue weighted by molar-refractivity contribution is 5.77. The third kappa shape index (κ3) is 5.72. The molecule has 0 saturated carbocycles. The van der Waals surface area contributed by atoms with E-state index in [2.05, 4.69) is 10.2 Å². The van der Waals surface area contributed by atoms with Crippen LogP contribution in [0.4, 0.5) is 10.1 Å². The summed E-state index contributed by atoms with van der Waals surface area (Å²) in [6.07, 6.45) is 0. The van der Waals surface area contributed by atoms with Gasteiger partial charge >= 0.3 is 5.69 Å². The van der Waals surface area contributed by atoms with Crippen molar-refractivity contribution < 1.29 is 23.6 Å². The average molecular weight is 403 g/mol. The number of hydrogen-bond donors (Lipinski definition) is 1. The van der Waals surface area contributed by atoms with Gasteiger partial charge in [-0.05, 0) is 23.8 Å². The number of nitro benzene ring substituents is 1. The molecule has 0 bridgehead atoms. The Balaban J connectivity index is 1.60. The van der Waals surface area contributed by atoms with Gasteiger partial charge in [0.1, 0.15) is 5.82 Å². The van der Waals surface area contributed by atoms with Crippen molar-refractivity contribution in [1.29, 1.82) is 0 Å². The highest BCUT2D eigenvalue weighted by Crippen LogP contribution is 2.25. The quantitative estimate of drug-likeness (QED) is 0.537. The first-order valence-electron chi connectivity index (χ1n) is 9.25. The molecule has 3 rings (SSSR count). The number of para-hydroxylation sites is 2. The predicted molar refractivity (Wildman–Crippen MR) is 103 cm³/mol. The minimum absolute atomic E-state index is 0.0379. The molecule has 1 saturated heterocycles. The number of halogens is 1. The van der Waals surface area contributed by atoms with E-state index in [9.17, 15) is 19.3 Å². The van der Waals surface area contributed by atoms with E-state index >= 15 is 0 Å². The van der Waals surface area contributed by atoms with Gasteiger partial charge in [0.25, 0.3) is 5.91 Å². The molecule has 1 atom stereocenters. The zero-order valence-electron chi connectivity index (χ0n) is 15.8. The third-order valence-electron chi connectivity index (χ3n) is 4.65. The van der Waals surface area contributed by atoms with Crippen LogP contribution in [0.1, 0.15) is 11.6 Å². The molecule has 29 heavy (non-hydrogen) atoms. The second-order valence-corrected chi connectivity index (χ2v) is 6.53. The van der Waals surface area contributed by atoms with Crippen molar-refractivity contribution in [1.82, 2.24) is 10.2 Å². The second-order valence-electron chi connectivity index (χ2n) is 6.53. The lowest BCUT2D eigenvalue weighted by Gasteiger charge is -2.35. The molecule has 1 aliphatic heterocycles. The van der Waals surface area contributed by atoms with E-state index in [1.54, 1.807) is 18.2 Å². The van der Waals surface area contributed by atoms with Crippen LogP contribution in [0.3, 0.4) is 0 Å². The average Bonchev–Trinajstić information content (AvgIpc) is 2.74. The summed E-state index contributed by atoms with van der Waals surface area (Å²) in [6, 6.07) is 11.9. The number of carbonyl (C=O) groups is 1. The molecule has 0 radical (unpaired) electrons. The number of hydrogen-bond acceptors (Lipinski definition) is 6. The minimum Gasteiger partial charge on any atom is -0.477 e. The Kier molecular flexibility index (Phi) is 7.09. The van der Waals surface area contributed by atoms with Gasteiger partial charge in [-0.25, -0.2) is 4.39 Å². The van der Waals surface area contributed by atoms with Crippen LogP contribution in [0.5, 0.6) is 5.75 Å². The van der Waals surface area contributed by atoms with E-state index in [1.165, 1.54) is 30.3 Å². The molecule has 1 heterocycles. The van der Waals surface area contributed by atoms with Crippen molar-refractivity contribution in [2.45, 2.75) is 6.04 Å². The molecule has 1 unspecified atom stereocenters. The number of nitro groups is 1. The first-order valence-corrected chi connectivity index (χ1v) is 9.25. The lowest BCUT2D eigenvalue weighted by molar-refractivity contribution is -0.385. The van der Waals surface area contributed by atoms with E-state index in [-0.39, 0.29) is 29.9 Å². The van der Waals surface area contributed by atoms with Crippen LogP contribution >= 0.6 is 0 Å². The van der Waals surface area contributed by atoms with Gasteiger partial charge in [0.15, 0.2) is 12.4 Å². The third-order valence-corrected chi connectivity index (χ3v) is 4.65. The lowest BCUT2D eigenvalue weighted by atomic mass is 10.0. The van der Waals surface area contributed by atoms with Crippen LogP contribution < -0.4 is 10.1 Å². The zero-order valence-corrected chi connectivity index (χ0v) is 15.8. The second kappa shape index (κ2) is 9.94. The maximum absolute atomic E-state index is 13.3. The highest BCUT2D eigenvalue weighted by atomic mass is 19.1. The van der Waals surface area contributed by atoms with Gasteiger partial charge in [0.05, 0.1) is 24.2 Å². The van der Waals surface area contributed by atoms with Crippen LogP contribution in [-0.4, -0.2) is 55.2 Å². The van der Waals surface area contributed by atoms with E-state index in [4.69, 9.17) is 9.47 Å². The van der Waals surface area contributed by atoms with Gasteiger partial charge in [-0.1, -0.05) is 24.3 Å². The molecule has 9 heteroatoms. The summed E-state index contributed by atoms with van der Waals surface area (Å²) < 4.78 is 24.0. The van der Waals surface area contributed by atoms with Gasteiger partial charge in [-0.2, -0.15) is 0 Å². The standard InChI is InChI=1S/C20H22FN3O5/c21-16-7-5-15(6-8-16)18(23-9-11-28-12-10-23)13-22-20(25)14-29-19-4-2-1-3-17(19)24(26)27/h1-8,18H,9-14H2,(H,22,25). The minimum atomic E-state index is -0.559. The largest absolute Gasteiger partial charge is 0.477 e. The van der Waals surface area contributed by atoms with Gasteiger partial charge in [0, 0.05) is 25.7 Å². The maximum atomic E-state index is 13.3. The van der Waals surface area contributed by atoms with E-state index in [0.29, 0.717) is 32.8 Å². The Morgan fingerprint density at radius 2 is 1.90 bits per heavy atom. The van der Waals surface area contributed by atoms with Gasteiger partial charge in [0.2, 0.25) is 0 Å². The van der Waals surface area contributed by atoms with E-state index < -0.39 is 10.8 Å². The molecule has 1 amide bonds. The number of nitrogens with zero attached hydrogens (tertiary/aromatic N) is 2. The number of morpholine rings is 1. The van der Waals surface area contributed by atoms with Crippen molar-refractivity contribution in [3.8, 4) is 5.75 Å². The van der Waals surface area contributed by atoms with Crippen LogP contribution in [0.15, 0.2) is 48.5 Å². The first-order chi connectivity index (χ1) is 14.0. The zero-order chi connectivity index (χ0) is 20.6. The van der Waals surface area contributed by atoms with E-state index in [1.807, 2.05) is 0 Å². The molecule has 1 fully saturated rings. The fraction of sp³-hybridized carbons (Fsp3) is 0.350. The summed E-state index contributed by atoms with van der Waals surface area (Å²) >= 11 is 0. The fourth-order valence-electron chi connectivity index (χ4n) is 3.17. The Bertz CT molecular complexity index is 840. The topological polar surface area (TPSA) is 93.9 Å². The molecule has 2 aromatic rings. The Labute approximate surface area is 167 Å². The Morgan fingerprint density at radius 1 is 1.21 bits per heavy atom. The molecule has 1 aliphatic rings. The fourth-order valence-corrected chi connectivity index (χ4v) is 3.17. The van der Waals surface area contributed by atoms with Crippen LogP contribution in [0.2, 0.25) is 0 Å². The summed E-state index contributed by atoms with van der Waals surface area (Å²) in [7, 11) is 0. The summed E-state index contributed by atoms with van der Waals surface area (Å²) in [5.74, 6) is -0.684. The first kappa shape index (κ1) is 20.7. The number of nitrogens with one attached hydrogen (secondary N) is 1.